The van der Waals surface area contributed by atoms with Crippen molar-refractivity contribution in [3.8, 4) is 11.4 Å². The summed E-state index contributed by atoms with van der Waals surface area (Å²) in [7, 11) is 0. The lowest BCUT2D eigenvalue weighted by atomic mass is 10.2. The maximum absolute atomic E-state index is 13.0. The molecule has 0 N–H and O–H groups in total. The second-order valence-corrected chi connectivity index (χ2v) is 7.76. The summed E-state index contributed by atoms with van der Waals surface area (Å²) < 4.78 is 7.56. The van der Waals surface area contributed by atoms with E-state index in [2.05, 4.69) is 10.00 Å². The number of hydrogen-bond acceptors (Lipinski definition) is 4. The van der Waals surface area contributed by atoms with Gasteiger partial charge in [-0.15, -0.1) is 0 Å². The van der Waals surface area contributed by atoms with E-state index in [9.17, 15) is 4.79 Å². The highest BCUT2D eigenvalue weighted by atomic mass is 35.5. The molecular formula is C23H25ClN4O2. The van der Waals surface area contributed by atoms with E-state index in [1.54, 1.807) is 10.9 Å². The van der Waals surface area contributed by atoms with Gasteiger partial charge >= 0.3 is 0 Å². The van der Waals surface area contributed by atoms with Gasteiger partial charge < -0.3 is 9.64 Å². The summed E-state index contributed by atoms with van der Waals surface area (Å²) in [5, 5.41) is 5.09. The van der Waals surface area contributed by atoms with Crippen molar-refractivity contribution in [3.63, 3.8) is 0 Å². The Balaban J connectivity index is 1.31. The van der Waals surface area contributed by atoms with Gasteiger partial charge in [0.1, 0.15) is 12.4 Å². The number of piperazine rings is 1. The first-order valence-electron chi connectivity index (χ1n) is 10.1. The molecule has 7 heteroatoms. The van der Waals surface area contributed by atoms with Crippen LogP contribution in [0.25, 0.3) is 5.69 Å². The Morgan fingerprint density at radius 1 is 1.03 bits per heavy atom. The van der Waals surface area contributed by atoms with Crippen LogP contribution >= 0.6 is 11.6 Å². The van der Waals surface area contributed by atoms with Crippen molar-refractivity contribution in [2.45, 2.75) is 6.92 Å². The van der Waals surface area contributed by atoms with E-state index in [1.165, 1.54) is 0 Å². The number of halogens is 1. The zero-order valence-corrected chi connectivity index (χ0v) is 17.8. The SMILES string of the molecule is Cc1c(C(=O)N2CCN(CCOc3ccccc3)CC2)cnn1-c1ccc(Cl)cc1. The average Bonchev–Trinajstić information content (AvgIpc) is 3.16. The van der Waals surface area contributed by atoms with E-state index in [-0.39, 0.29) is 5.91 Å². The molecule has 156 valence electrons. The number of rotatable bonds is 6. The minimum Gasteiger partial charge on any atom is -0.492 e. The van der Waals surface area contributed by atoms with Crippen molar-refractivity contribution in [2.75, 3.05) is 39.3 Å². The van der Waals surface area contributed by atoms with E-state index in [0.29, 0.717) is 30.3 Å². The van der Waals surface area contributed by atoms with Gasteiger partial charge in [0.05, 0.1) is 23.1 Å². The molecule has 2 aromatic carbocycles. The van der Waals surface area contributed by atoms with Crippen LogP contribution in [-0.2, 0) is 0 Å². The Kier molecular flexibility index (Phi) is 6.35. The number of aromatic nitrogens is 2. The van der Waals surface area contributed by atoms with Crippen LogP contribution in [-0.4, -0.2) is 64.8 Å². The molecule has 0 unspecified atom stereocenters. The zero-order valence-electron chi connectivity index (χ0n) is 17.0. The van der Waals surface area contributed by atoms with Crippen LogP contribution in [0.2, 0.25) is 5.02 Å². The van der Waals surface area contributed by atoms with Crippen molar-refractivity contribution in [3.05, 3.63) is 77.1 Å². The molecule has 1 fully saturated rings. The van der Waals surface area contributed by atoms with Gasteiger partial charge in [-0.3, -0.25) is 9.69 Å². The van der Waals surface area contributed by atoms with E-state index in [0.717, 1.165) is 36.8 Å². The zero-order chi connectivity index (χ0) is 20.9. The molecule has 1 saturated heterocycles. The van der Waals surface area contributed by atoms with Crippen LogP contribution in [0.3, 0.4) is 0 Å². The molecule has 30 heavy (non-hydrogen) atoms. The predicted octanol–water partition coefficient (Wildman–Crippen LogP) is 3.67. The number of carbonyl (C=O) groups excluding carboxylic acids is 1. The molecule has 1 aliphatic rings. The van der Waals surface area contributed by atoms with Gasteiger partial charge in [-0.25, -0.2) is 4.68 Å². The van der Waals surface area contributed by atoms with Crippen molar-refractivity contribution >= 4 is 17.5 Å². The van der Waals surface area contributed by atoms with Crippen LogP contribution in [0.4, 0.5) is 0 Å². The summed E-state index contributed by atoms with van der Waals surface area (Å²) in [4.78, 5) is 17.3. The van der Waals surface area contributed by atoms with Crippen molar-refractivity contribution in [1.82, 2.24) is 19.6 Å². The van der Waals surface area contributed by atoms with Crippen molar-refractivity contribution in [1.29, 1.82) is 0 Å². The van der Waals surface area contributed by atoms with Gasteiger partial charge in [0.2, 0.25) is 0 Å². The largest absolute Gasteiger partial charge is 0.492 e. The van der Waals surface area contributed by atoms with Crippen LogP contribution in [0.5, 0.6) is 5.75 Å². The van der Waals surface area contributed by atoms with Crippen molar-refractivity contribution in [2.24, 2.45) is 0 Å². The maximum atomic E-state index is 13.0. The lowest BCUT2D eigenvalue weighted by Crippen LogP contribution is -2.49. The smallest absolute Gasteiger partial charge is 0.257 e. The molecule has 0 radical (unpaired) electrons. The molecule has 1 aromatic heterocycles. The van der Waals surface area contributed by atoms with E-state index in [1.807, 2.05) is 66.4 Å². The summed E-state index contributed by atoms with van der Waals surface area (Å²) in [6.07, 6.45) is 1.66. The second kappa shape index (κ2) is 9.32. The first-order chi connectivity index (χ1) is 14.6. The standard InChI is InChI=1S/C23H25ClN4O2/c1-18-22(17-25-28(18)20-9-7-19(24)8-10-20)23(29)27-13-11-26(12-14-27)15-16-30-21-5-3-2-4-6-21/h2-10,17H,11-16H2,1H3. The topological polar surface area (TPSA) is 50.6 Å². The number of amides is 1. The number of hydrogen-bond donors (Lipinski definition) is 0. The van der Waals surface area contributed by atoms with E-state index >= 15 is 0 Å². The molecule has 0 bridgehead atoms. The Bertz CT molecular complexity index is 980. The summed E-state index contributed by atoms with van der Waals surface area (Å²) in [5.41, 5.74) is 2.37. The Morgan fingerprint density at radius 3 is 2.43 bits per heavy atom. The monoisotopic (exact) mass is 424 g/mol. The third kappa shape index (κ3) is 4.66. The van der Waals surface area contributed by atoms with Gasteiger partial charge in [-0.2, -0.15) is 5.10 Å². The Hall–Kier alpha value is -2.83. The highest BCUT2D eigenvalue weighted by Gasteiger charge is 2.25. The van der Waals surface area contributed by atoms with Gasteiger partial charge in [0, 0.05) is 37.7 Å². The first-order valence-corrected chi connectivity index (χ1v) is 10.5. The van der Waals surface area contributed by atoms with Gasteiger partial charge in [-0.1, -0.05) is 29.8 Å². The number of para-hydroxylation sites is 1. The highest BCUT2D eigenvalue weighted by Crippen LogP contribution is 2.19. The number of nitrogens with zero attached hydrogens (tertiary/aromatic N) is 4. The molecule has 6 nitrogen and oxygen atoms in total. The molecule has 0 atom stereocenters. The minimum atomic E-state index is 0.0351. The molecule has 1 aliphatic heterocycles. The van der Waals surface area contributed by atoms with Gasteiger partial charge in [0.15, 0.2) is 0 Å². The lowest BCUT2D eigenvalue weighted by Gasteiger charge is -2.34. The van der Waals surface area contributed by atoms with Crippen LogP contribution < -0.4 is 4.74 Å². The van der Waals surface area contributed by atoms with E-state index < -0.39 is 0 Å². The third-order valence-corrected chi connectivity index (χ3v) is 5.64. The fraction of sp³-hybridized carbons (Fsp3) is 0.304. The molecule has 0 saturated carbocycles. The van der Waals surface area contributed by atoms with Crippen molar-refractivity contribution < 1.29 is 9.53 Å². The molecule has 2 heterocycles. The second-order valence-electron chi connectivity index (χ2n) is 7.33. The molecule has 4 rings (SSSR count). The lowest BCUT2D eigenvalue weighted by molar-refractivity contribution is 0.0619. The summed E-state index contributed by atoms with van der Waals surface area (Å²) >= 11 is 5.97. The molecule has 1 amide bonds. The summed E-state index contributed by atoms with van der Waals surface area (Å²) in [6, 6.07) is 17.3. The quantitative estimate of drug-likeness (QED) is 0.605. The fourth-order valence-electron chi connectivity index (χ4n) is 3.62. The summed E-state index contributed by atoms with van der Waals surface area (Å²) in [6.45, 7) is 6.51. The van der Waals surface area contributed by atoms with Gasteiger partial charge in [-0.05, 0) is 43.3 Å². The van der Waals surface area contributed by atoms with Gasteiger partial charge in [0.25, 0.3) is 5.91 Å². The Labute approximate surface area is 181 Å². The van der Waals surface area contributed by atoms with Crippen LogP contribution in [0, 0.1) is 6.92 Å². The average molecular weight is 425 g/mol. The van der Waals surface area contributed by atoms with E-state index in [4.69, 9.17) is 16.3 Å². The van der Waals surface area contributed by atoms with Crippen LogP contribution in [0.1, 0.15) is 16.1 Å². The number of benzene rings is 2. The normalized spacial score (nSPS) is 14.7. The molecule has 0 aliphatic carbocycles. The number of carbonyl (C=O) groups is 1. The fourth-order valence-corrected chi connectivity index (χ4v) is 3.74. The first kappa shape index (κ1) is 20.4. The summed E-state index contributed by atoms with van der Waals surface area (Å²) in [5.74, 6) is 0.924. The molecule has 3 aromatic rings. The minimum absolute atomic E-state index is 0.0351. The molecular weight excluding hydrogens is 400 g/mol. The third-order valence-electron chi connectivity index (χ3n) is 5.39. The predicted molar refractivity (Wildman–Crippen MR) is 118 cm³/mol. The Morgan fingerprint density at radius 2 is 1.73 bits per heavy atom. The molecule has 0 spiro atoms. The van der Waals surface area contributed by atoms with Crippen LogP contribution in [0.15, 0.2) is 60.8 Å². The maximum Gasteiger partial charge on any atom is 0.257 e. The highest BCUT2D eigenvalue weighted by molar-refractivity contribution is 6.30. The number of ether oxygens (including phenoxy) is 1.